The fraction of sp³-hybridized carbons (Fsp3) is 0.667. The number of methoxy groups -OCH3 is 1. The summed E-state index contributed by atoms with van der Waals surface area (Å²) >= 11 is 0. The van der Waals surface area contributed by atoms with Crippen LogP contribution in [0.4, 0.5) is 74.6 Å². The zero-order valence-electron chi connectivity index (χ0n) is 31.1. The van der Waals surface area contributed by atoms with Crippen molar-refractivity contribution in [3.05, 3.63) is 53.6 Å². The highest BCUT2D eigenvalue weighted by Crippen LogP contribution is 2.64. The molecule has 25 heteroatoms. The van der Waals surface area contributed by atoms with Gasteiger partial charge in [-0.25, -0.2) is 5.48 Å². The number of hydrogen-bond acceptors (Lipinski definition) is 6. The highest BCUT2D eigenvalue weighted by molar-refractivity contribution is 6.76. The first-order valence-corrected chi connectivity index (χ1v) is 18.9. The average molecular weight is 898 g/mol. The normalized spacial score (nSPS) is 16.0. The van der Waals surface area contributed by atoms with Crippen LogP contribution in [0.1, 0.15) is 52.7 Å². The Morgan fingerprint density at radius 3 is 1.60 bits per heavy atom. The summed E-state index contributed by atoms with van der Waals surface area (Å²) in [5.41, 5.74) is 0.378. The lowest BCUT2D eigenvalue weighted by Gasteiger charge is -2.44. The lowest BCUT2D eigenvalue weighted by molar-refractivity contribution is -0.461. The minimum Gasteiger partial charge on any atom is -0.491 e. The topological polar surface area (TPSA) is 97.3 Å². The Labute approximate surface area is 321 Å². The van der Waals surface area contributed by atoms with Crippen LogP contribution in [0.25, 0.3) is 0 Å². The Morgan fingerprint density at radius 1 is 0.741 bits per heavy atom. The van der Waals surface area contributed by atoms with Gasteiger partial charge in [0.05, 0.1) is 6.61 Å². The Balaban J connectivity index is 3.24. The molecular weight excluding hydrogens is 857 g/mol. The Morgan fingerprint density at radius 2 is 1.19 bits per heavy atom. The average Bonchev–Trinajstić information content (AvgIpc) is 3.10. The smallest absolute Gasteiger partial charge is 0.460 e. The largest absolute Gasteiger partial charge is 0.491 e. The maximum atomic E-state index is 14.9. The number of benzene rings is 1. The molecule has 0 unspecified atom stereocenters. The molecule has 0 fully saturated rings. The third kappa shape index (κ3) is 10.1. The third-order valence-electron chi connectivity index (χ3n) is 9.22. The predicted octanol–water partition coefficient (Wildman–Crippen LogP) is 10.3. The zero-order chi connectivity index (χ0) is 45.7. The number of ether oxygens (including phenoxy) is 2. The first-order valence-electron chi connectivity index (χ1n) is 16.6. The van der Waals surface area contributed by atoms with E-state index in [4.69, 9.17) is 19.1 Å². The molecule has 0 spiro atoms. The van der Waals surface area contributed by atoms with E-state index in [-0.39, 0.29) is 5.75 Å². The highest BCUT2D eigenvalue weighted by atomic mass is 28.4. The minimum atomic E-state index is -8.69. The fourth-order valence-corrected chi connectivity index (χ4v) is 10.1. The van der Waals surface area contributed by atoms with Crippen molar-refractivity contribution in [2.75, 3.05) is 20.3 Å². The molecule has 3 N–H and O–H groups in total. The van der Waals surface area contributed by atoms with Gasteiger partial charge in [-0.1, -0.05) is 52.0 Å². The summed E-state index contributed by atoms with van der Waals surface area (Å²) in [5, 5.41) is 19.3. The summed E-state index contributed by atoms with van der Waals surface area (Å²) in [6.07, 6.45) is -8.91. The van der Waals surface area contributed by atoms with E-state index in [2.05, 4.69) is 0 Å². The molecule has 0 aliphatic heterocycles. The van der Waals surface area contributed by atoms with Crippen molar-refractivity contribution in [1.29, 1.82) is 0 Å². The summed E-state index contributed by atoms with van der Waals surface area (Å²) in [4.78, 5) is 11.1. The number of carbonyl (C=O) groups is 1. The first kappa shape index (κ1) is 52.9. The molecule has 1 aromatic carbocycles. The molecule has 336 valence electrons. The lowest BCUT2D eigenvalue weighted by atomic mass is 9.88. The van der Waals surface area contributed by atoms with E-state index in [0.717, 1.165) is 6.08 Å². The predicted molar refractivity (Wildman–Crippen MR) is 173 cm³/mol. The van der Waals surface area contributed by atoms with E-state index in [1.807, 2.05) is 0 Å². The Hall–Kier alpha value is -3.16. The number of carbonyl (C=O) groups excluding carboxylic acids is 1. The summed E-state index contributed by atoms with van der Waals surface area (Å²) in [6, 6.07) is 4.19. The van der Waals surface area contributed by atoms with E-state index >= 15 is 0 Å². The summed E-state index contributed by atoms with van der Waals surface area (Å²) in [6.45, 7) is 5.89. The number of halogens is 17. The second-order valence-electron chi connectivity index (χ2n) is 13.5. The van der Waals surface area contributed by atoms with Gasteiger partial charge in [0.15, 0.2) is 8.32 Å². The molecule has 1 rings (SSSR count). The fourth-order valence-electron chi connectivity index (χ4n) is 5.67. The van der Waals surface area contributed by atoms with Crippen molar-refractivity contribution in [1.82, 2.24) is 5.48 Å². The number of hydroxylamine groups is 1. The van der Waals surface area contributed by atoms with Crippen LogP contribution in [0.3, 0.4) is 0 Å². The molecule has 7 nitrogen and oxygen atoms in total. The van der Waals surface area contributed by atoms with Crippen molar-refractivity contribution in [2.45, 2.75) is 118 Å². The number of alkyl halides is 17. The van der Waals surface area contributed by atoms with Crippen LogP contribution in [0.15, 0.2) is 48.1 Å². The SMILES string of the molecule is CO[C@@H](/C(C)=C/C=C/C(=O)NO)[C@@H](O)c1ccc(OCCO[Si](CCC(F)(F)C(F)(F)C(F)(F)C(F)(F)C(F)(F)C(F)(F)C(F)(F)C(F)(F)F)(C(C)C)C(C)C)cc1. The molecule has 0 aliphatic rings. The van der Waals surface area contributed by atoms with Crippen molar-refractivity contribution in [3.63, 3.8) is 0 Å². The molecule has 2 atom stereocenters. The van der Waals surface area contributed by atoms with E-state index in [9.17, 15) is 84.5 Å². The molecule has 1 aromatic rings. The number of nitrogens with one attached hydrogen (secondary N) is 1. The van der Waals surface area contributed by atoms with Crippen molar-refractivity contribution >= 4 is 14.2 Å². The number of allylic oxidation sites excluding steroid dienone is 2. The van der Waals surface area contributed by atoms with Crippen molar-refractivity contribution in [3.8, 4) is 5.75 Å². The maximum absolute atomic E-state index is 14.9. The van der Waals surface area contributed by atoms with Gasteiger partial charge in [-0.2, -0.15) is 74.6 Å². The van der Waals surface area contributed by atoms with E-state index in [1.165, 1.54) is 76.7 Å². The highest BCUT2D eigenvalue weighted by Gasteiger charge is 2.95. The van der Waals surface area contributed by atoms with Gasteiger partial charge in [0.25, 0.3) is 5.91 Å². The monoisotopic (exact) mass is 897 g/mol. The molecule has 0 saturated heterocycles. The van der Waals surface area contributed by atoms with Crippen LogP contribution < -0.4 is 10.2 Å². The first-order chi connectivity index (χ1) is 26.0. The number of aliphatic hydroxyl groups excluding tert-OH is 1. The van der Waals surface area contributed by atoms with Gasteiger partial charge in [0.2, 0.25) is 0 Å². The van der Waals surface area contributed by atoms with Crippen LogP contribution in [0.5, 0.6) is 5.75 Å². The minimum absolute atomic E-state index is 0.116. The van der Waals surface area contributed by atoms with Gasteiger partial charge in [0, 0.05) is 19.6 Å². The zero-order valence-corrected chi connectivity index (χ0v) is 32.1. The van der Waals surface area contributed by atoms with Gasteiger partial charge in [-0.05, 0) is 47.3 Å². The maximum Gasteiger partial charge on any atom is 0.460 e. The van der Waals surface area contributed by atoms with Crippen molar-refractivity contribution < 1.29 is 104 Å². The van der Waals surface area contributed by atoms with Crippen LogP contribution in [0, 0.1) is 0 Å². The molecule has 0 radical (unpaired) electrons. The van der Waals surface area contributed by atoms with Gasteiger partial charge < -0.3 is 19.0 Å². The molecule has 1 amide bonds. The molecule has 58 heavy (non-hydrogen) atoms. The van der Waals surface area contributed by atoms with Gasteiger partial charge in [-0.3, -0.25) is 10.0 Å². The lowest BCUT2D eigenvalue weighted by Crippen LogP contribution is -2.74. The second-order valence-corrected chi connectivity index (χ2v) is 18.5. The van der Waals surface area contributed by atoms with Crippen LogP contribution in [-0.4, -0.2) is 98.6 Å². The van der Waals surface area contributed by atoms with Crippen LogP contribution in [0.2, 0.25) is 17.1 Å². The van der Waals surface area contributed by atoms with Gasteiger partial charge >= 0.3 is 47.6 Å². The van der Waals surface area contributed by atoms with Gasteiger partial charge in [0.1, 0.15) is 24.6 Å². The third-order valence-corrected chi connectivity index (χ3v) is 14.9. The van der Waals surface area contributed by atoms with Crippen LogP contribution in [-0.2, 0) is 14.0 Å². The second kappa shape index (κ2) is 18.6. The summed E-state index contributed by atoms with van der Waals surface area (Å²) in [5.74, 6) is -57.5. The molecule has 0 heterocycles. The van der Waals surface area contributed by atoms with Crippen LogP contribution >= 0.6 is 0 Å². The summed E-state index contributed by atoms with van der Waals surface area (Å²) in [7, 11) is -2.69. The standard InChI is InChI=1S/C33H40F17NO6Si/c1-18(2)58(19(3)4,57-16-15-56-22-12-10-21(11-13-22)24(53)25(55-6)20(5)8-7-9-23(52)51-54)17-14-26(34,35)27(36,37)28(38,39)29(40,41)30(42,43)31(44,45)32(46,47)33(48,49)50/h7-13,18-19,24-25,53-54H,14-17H2,1-6H3,(H,51,52)/b9-7+,20-8+/t24-,25-/m0/s1. The molecule has 0 saturated carbocycles. The molecular formula is C33H40F17NO6Si. The number of rotatable bonds is 22. The molecule has 0 aliphatic carbocycles. The van der Waals surface area contributed by atoms with Crippen molar-refractivity contribution in [2.24, 2.45) is 0 Å². The van der Waals surface area contributed by atoms with E-state index in [0.29, 0.717) is 11.1 Å². The number of amides is 1. The van der Waals surface area contributed by atoms with E-state index in [1.54, 1.807) is 6.92 Å². The Bertz CT molecular complexity index is 1560. The molecule has 0 aromatic heterocycles. The quantitative estimate of drug-likeness (QED) is 0.0204. The summed E-state index contributed by atoms with van der Waals surface area (Å²) < 4.78 is 251. The van der Waals surface area contributed by atoms with E-state index < -0.39 is 111 Å². The number of hydrogen-bond donors (Lipinski definition) is 3. The number of aliphatic hydroxyl groups is 1. The molecule has 0 bridgehead atoms. The van der Waals surface area contributed by atoms with Gasteiger partial charge in [-0.15, -0.1) is 0 Å². The Kier molecular flexibility index (Phi) is 17.0.